The van der Waals surface area contributed by atoms with Crippen LogP contribution in [-0.2, 0) is 27.9 Å². The van der Waals surface area contributed by atoms with Gasteiger partial charge in [-0.05, 0) is 52.0 Å². The predicted octanol–water partition coefficient (Wildman–Crippen LogP) is 7.59. The third-order valence-corrected chi connectivity index (χ3v) is 19.3. The van der Waals surface area contributed by atoms with Crippen LogP contribution in [0.25, 0.3) is 0 Å². The molecule has 3 rings (SSSR count). The van der Waals surface area contributed by atoms with E-state index in [4.69, 9.17) is 18.3 Å². The molecule has 3 atom stereocenters. The van der Waals surface area contributed by atoms with E-state index < -0.39 is 40.1 Å². The first-order valence-corrected chi connectivity index (χ1v) is 21.2. The molecule has 0 unspecified atom stereocenters. The van der Waals surface area contributed by atoms with Crippen LogP contribution in [0.3, 0.4) is 0 Å². The summed E-state index contributed by atoms with van der Waals surface area (Å²) in [5.41, 5.74) is 0.548. The monoisotopic (exact) mass is 664 g/mol. The van der Waals surface area contributed by atoms with Crippen molar-refractivity contribution < 1.29 is 27.9 Å². The first kappa shape index (κ1) is 37.7. The molecule has 0 saturated carbocycles. The topological polar surface area (TPSA) is 71.1 Å². The van der Waals surface area contributed by atoms with E-state index in [0.717, 1.165) is 11.1 Å². The van der Waals surface area contributed by atoms with Gasteiger partial charge in [0.2, 0.25) is 5.60 Å². The lowest BCUT2D eigenvalue weighted by Gasteiger charge is -2.45. The molecule has 6 nitrogen and oxygen atoms in total. The first-order chi connectivity index (χ1) is 21.3. The Morgan fingerprint density at radius 2 is 1.39 bits per heavy atom. The molecule has 0 N–H and O–H groups in total. The average Bonchev–Trinajstić information content (AvgIpc) is 2.97. The molecule has 0 spiro atoms. The normalized spacial score (nSPS) is 21.4. The van der Waals surface area contributed by atoms with E-state index in [9.17, 15) is 9.59 Å². The van der Waals surface area contributed by atoms with Crippen LogP contribution in [0.15, 0.2) is 84.0 Å². The summed E-state index contributed by atoms with van der Waals surface area (Å²) in [5.74, 6) is -1.74. The molecule has 0 fully saturated rings. The van der Waals surface area contributed by atoms with Crippen LogP contribution >= 0.6 is 0 Å². The lowest BCUT2D eigenvalue weighted by Crippen LogP contribution is -2.66. The fraction of sp³-hybridized carbons (Fsp3) is 0.526. The Morgan fingerprint density at radius 3 is 1.83 bits per heavy atom. The molecule has 0 amide bonds. The Morgan fingerprint density at radius 1 is 0.870 bits per heavy atom. The number of carbonyl (C=O) groups is 2. The Kier molecular flexibility index (Phi) is 11.9. The molecule has 0 aromatic heterocycles. The third-order valence-electron chi connectivity index (χ3n) is 9.83. The molecule has 0 saturated heterocycles. The highest BCUT2D eigenvalue weighted by atomic mass is 28.4. The molecule has 8 heteroatoms. The summed E-state index contributed by atoms with van der Waals surface area (Å²) in [4.78, 5) is 26.0. The maximum absolute atomic E-state index is 13.5. The fourth-order valence-corrected chi connectivity index (χ4v) is 11.8. The molecule has 46 heavy (non-hydrogen) atoms. The van der Waals surface area contributed by atoms with Gasteiger partial charge in [0.25, 0.3) is 8.32 Å². The highest BCUT2D eigenvalue weighted by molar-refractivity contribution is 6.99. The molecule has 2 aromatic carbocycles. The van der Waals surface area contributed by atoms with Gasteiger partial charge in [-0.15, -0.1) is 0 Å². The molecule has 0 radical (unpaired) electrons. The second kappa shape index (κ2) is 14.5. The third kappa shape index (κ3) is 8.01. The molecule has 0 aliphatic heterocycles. The number of carbonyl (C=O) groups excluding carboxylic acids is 2. The van der Waals surface area contributed by atoms with Crippen LogP contribution in [0.4, 0.5) is 0 Å². The van der Waals surface area contributed by atoms with Gasteiger partial charge in [0.05, 0.1) is 20.3 Å². The summed E-state index contributed by atoms with van der Waals surface area (Å²) in [5, 5.41) is 2.29. The maximum atomic E-state index is 13.5. The Labute approximate surface area is 279 Å². The fourth-order valence-electron chi connectivity index (χ4n) is 6.24. The van der Waals surface area contributed by atoms with Crippen molar-refractivity contribution in [2.24, 2.45) is 11.8 Å². The minimum Gasteiger partial charge on any atom is -0.466 e. The molecule has 252 valence electrons. The van der Waals surface area contributed by atoms with Crippen molar-refractivity contribution in [2.45, 2.75) is 97.5 Å². The summed E-state index contributed by atoms with van der Waals surface area (Å²) in [6.07, 6.45) is 4.37. The molecule has 2 aromatic rings. The number of rotatable bonds is 11. The summed E-state index contributed by atoms with van der Waals surface area (Å²) in [6.45, 7) is 24.1. The largest absolute Gasteiger partial charge is 0.466 e. The number of hydrogen-bond donors (Lipinski definition) is 0. The van der Waals surface area contributed by atoms with Gasteiger partial charge in [-0.3, -0.25) is 4.79 Å². The van der Waals surface area contributed by atoms with Gasteiger partial charge in [-0.1, -0.05) is 127 Å². The van der Waals surface area contributed by atoms with Crippen molar-refractivity contribution >= 4 is 38.9 Å². The molecule has 1 aliphatic carbocycles. The van der Waals surface area contributed by atoms with Crippen LogP contribution in [0, 0.1) is 11.8 Å². The Balaban J connectivity index is 2.13. The summed E-state index contributed by atoms with van der Waals surface area (Å²) in [7, 11) is -3.48. The van der Waals surface area contributed by atoms with E-state index in [2.05, 4.69) is 116 Å². The standard InChI is InChI=1S/C38H56O6Si2/c1-28(26-42-45(11,12)36(4,5)6)23-32-24-31(29(2)25-38(32,35(40)41-10)44-30(3)39)27-43-46(37(7,8)9,33-19-15-13-16-20-33)34-21-17-14-18-22-34/h13-24,29,32H,25-27H2,1-12H3/b28-23+/t29-,32-,38-/m0/s1. The van der Waals surface area contributed by atoms with Crippen molar-refractivity contribution in [3.63, 3.8) is 0 Å². The van der Waals surface area contributed by atoms with Crippen molar-refractivity contribution in [3.8, 4) is 0 Å². The smallest absolute Gasteiger partial charge is 0.351 e. The van der Waals surface area contributed by atoms with Gasteiger partial charge < -0.3 is 18.3 Å². The van der Waals surface area contributed by atoms with Crippen molar-refractivity contribution in [1.82, 2.24) is 0 Å². The maximum Gasteiger partial charge on any atom is 0.351 e. The van der Waals surface area contributed by atoms with Crippen LogP contribution in [0.2, 0.25) is 23.2 Å². The average molecular weight is 665 g/mol. The second-order valence-electron chi connectivity index (χ2n) is 15.4. The van der Waals surface area contributed by atoms with Gasteiger partial charge in [0.15, 0.2) is 8.32 Å². The van der Waals surface area contributed by atoms with E-state index in [1.54, 1.807) is 0 Å². The number of methoxy groups -OCH3 is 1. The van der Waals surface area contributed by atoms with Gasteiger partial charge >= 0.3 is 11.9 Å². The summed E-state index contributed by atoms with van der Waals surface area (Å²) in [6, 6.07) is 21.1. The van der Waals surface area contributed by atoms with Crippen molar-refractivity contribution in [2.75, 3.05) is 20.3 Å². The lowest BCUT2D eigenvalue weighted by molar-refractivity contribution is -0.186. The minimum absolute atomic E-state index is 0.0619. The van der Waals surface area contributed by atoms with E-state index in [-0.39, 0.29) is 22.4 Å². The zero-order chi connectivity index (χ0) is 34.6. The minimum atomic E-state index is -2.81. The lowest BCUT2D eigenvalue weighted by atomic mass is 9.71. The van der Waals surface area contributed by atoms with Gasteiger partial charge in [0, 0.05) is 19.3 Å². The summed E-state index contributed by atoms with van der Waals surface area (Å²) < 4.78 is 25.1. The van der Waals surface area contributed by atoms with E-state index >= 15 is 0 Å². The van der Waals surface area contributed by atoms with Crippen LogP contribution in [0.1, 0.15) is 68.7 Å². The highest BCUT2D eigenvalue weighted by Gasteiger charge is 2.54. The number of benzene rings is 2. The zero-order valence-corrected chi connectivity index (χ0v) is 32.2. The van der Waals surface area contributed by atoms with Crippen molar-refractivity contribution in [1.29, 1.82) is 0 Å². The van der Waals surface area contributed by atoms with Gasteiger partial charge in [-0.25, -0.2) is 4.79 Å². The number of ether oxygens (including phenoxy) is 2. The van der Waals surface area contributed by atoms with E-state index in [1.807, 2.05) is 25.1 Å². The summed E-state index contributed by atoms with van der Waals surface area (Å²) >= 11 is 0. The SMILES string of the molecule is COC(=O)[C@]1(OC(C)=O)C[C@H](C)C(CO[Si](c2ccccc2)(c2ccccc2)C(C)(C)C)=C[C@@H]1/C=C(\C)CO[Si](C)(C)C(C)(C)C. The predicted molar refractivity (Wildman–Crippen MR) is 192 cm³/mol. The van der Waals surface area contributed by atoms with E-state index in [0.29, 0.717) is 13.2 Å². The first-order valence-electron chi connectivity index (χ1n) is 16.4. The molecule has 0 bridgehead atoms. The molecule has 0 heterocycles. The number of esters is 2. The van der Waals surface area contributed by atoms with Gasteiger partial charge in [-0.2, -0.15) is 0 Å². The highest BCUT2D eigenvalue weighted by Crippen LogP contribution is 2.44. The molecular formula is C38H56O6Si2. The Bertz CT molecular complexity index is 1360. The second-order valence-corrected chi connectivity index (χ2v) is 24.5. The van der Waals surface area contributed by atoms with Crippen LogP contribution in [0.5, 0.6) is 0 Å². The molecular weight excluding hydrogens is 609 g/mol. The van der Waals surface area contributed by atoms with Crippen molar-refractivity contribution in [3.05, 3.63) is 84.0 Å². The van der Waals surface area contributed by atoms with Crippen LogP contribution < -0.4 is 10.4 Å². The zero-order valence-electron chi connectivity index (χ0n) is 30.2. The quantitative estimate of drug-likeness (QED) is 0.140. The molecule has 1 aliphatic rings. The number of hydrogen-bond acceptors (Lipinski definition) is 6. The van der Waals surface area contributed by atoms with Crippen LogP contribution in [-0.4, -0.2) is 54.5 Å². The van der Waals surface area contributed by atoms with E-state index in [1.165, 1.54) is 24.4 Å². The Hall–Kier alpha value is -2.79. The van der Waals surface area contributed by atoms with Gasteiger partial charge in [0.1, 0.15) is 0 Å².